The molecule has 11 heteroatoms. The Kier molecular flexibility index (Phi) is 4.66. The summed E-state index contributed by atoms with van der Waals surface area (Å²) >= 11 is 0. The number of ether oxygens (including phenoxy) is 1. The van der Waals surface area contributed by atoms with Crippen LogP contribution in [0.15, 0.2) is 0 Å². The molecule has 0 fully saturated rings. The topological polar surface area (TPSA) is 162 Å². The Labute approximate surface area is 126 Å². The number of rotatable bonds is 6. The summed E-state index contributed by atoms with van der Waals surface area (Å²) in [6.45, 7) is 4.34. The van der Waals surface area contributed by atoms with E-state index < -0.39 is 13.9 Å². The van der Waals surface area contributed by atoms with Crippen molar-refractivity contribution >= 4 is 30.5 Å². The number of hydrogen-bond donors (Lipinski definition) is 4. The second kappa shape index (κ2) is 6.17. The van der Waals surface area contributed by atoms with Crippen molar-refractivity contribution in [3.05, 3.63) is 5.82 Å². The van der Waals surface area contributed by atoms with Gasteiger partial charge in [-0.25, -0.2) is 4.98 Å². The van der Waals surface area contributed by atoms with Gasteiger partial charge < -0.3 is 30.6 Å². The molecule has 10 nitrogen and oxygen atoms in total. The van der Waals surface area contributed by atoms with Gasteiger partial charge in [0, 0.05) is 12.5 Å². The molecule has 2 rings (SSSR count). The van der Waals surface area contributed by atoms with Crippen LogP contribution >= 0.6 is 7.60 Å². The van der Waals surface area contributed by atoms with Gasteiger partial charge in [0.2, 0.25) is 5.95 Å². The van der Waals surface area contributed by atoms with Crippen LogP contribution in [0, 0.1) is 0 Å². The van der Waals surface area contributed by atoms with Gasteiger partial charge in [0.1, 0.15) is 12.2 Å². The number of anilines is 2. The molecule has 0 aliphatic heterocycles. The zero-order chi connectivity index (χ0) is 16.5. The van der Waals surface area contributed by atoms with Gasteiger partial charge in [-0.15, -0.1) is 0 Å². The molecule has 0 amide bonds. The first-order valence-corrected chi connectivity index (χ1v) is 8.40. The van der Waals surface area contributed by atoms with E-state index in [4.69, 9.17) is 26.0 Å². The second-order valence-electron chi connectivity index (χ2n) is 5.12. The molecule has 0 bridgehead atoms. The molecule has 2 aromatic rings. The van der Waals surface area contributed by atoms with E-state index in [1.807, 2.05) is 13.8 Å². The summed E-state index contributed by atoms with van der Waals surface area (Å²) in [5.74, 6) is 1.05. The molecule has 6 N–H and O–H groups in total. The molecular formula is C11H19N6O4P. The maximum atomic E-state index is 10.8. The van der Waals surface area contributed by atoms with E-state index >= 15 is 0 Å². The smallest absolute Gasteiger partial charge is 0.350 e. The Bertz CT molecular complexity index is 725. The summed E-state index contributed by atoms with van der Waals surface area (Å²) in [6.07, 6.45) is -0.629. The standard InChI is InChI=1S/C11H19N6O4P/c1-6(2)9-14-7-8(12)15-11(13)16-10(7)17(9)3-4-21-5-22(18,19)20/h6H,3-5H2,1-2H3,(H2,18,19,20)(H4,12,13,15,16). The third-order valence-corrected chi connectivity index (χ3v) is 3.42. The van der Waals surface area contributed by atoms with Crippen LogP contribution in [-0.4, -0.2) is 42.3 Å². The zero-order valence-corrected chi connectivity index (χ0v) is 13.2. The first-order chi connectivity index (χ1) is 10.2. The first kappa shape index (κ1) is 16.6. The van der Waals surface area contributed by atoms with Crippen LogP contribution < -0.4 is 11.5 Å². The van der Waals surface area contributed by atoms with E-state index in [0.717, 1.165) is 5.82 Å². The van der Waals surface area contributed by atoms with Crippen molar-refractivity contribution < 1.29 is 19.1 Å². The maximum Gasteiger partial charge on any atom is 0.350 e. The van der Waals surface area contributed by atoms with Gasteiger partial charge in [0.25, 0.3) is 0 Å². The fourth-order valence-electron chi connectivity index (χ4n) is 2.06. The molecule has 22 heavy (non-hydrogen) atoms. The molecule has 0 saturated carbocycles. The third kappa shape index (κ3) is 3.72. The van der Waals surface area contributed by atoms with Crippen molar-refractivity contribution in [1.29, 1.82) is 0 Å². The monoisotopic (exact) mass is 330 g/mol. The molecule has 0 aromatic carbocycles. The van der Waals surface area contributed by atoms with Crippen LogP contribution in [0.1, 0.15) is 25.6 Å². The van der Waals surface area contributed by atoms with Crippen molar-refractivity contribution in [3.63, 3.8) is 0 Å². The number of hydrogen-bond acceptors (Lipinski definition) is 7. The minimum absolute atomic E-state index is 0.0394. The summed E-state index contributed by atoms with van der Waals surface area (Å²) in [5, 5.41) is 0. The lowest BCUT2D eigenvalue weighted by atomic mass is 10.2. The molecule has 0 spiro atoms. The Morgan fingerprint density at radius 1 is 1.27 bits per heavy atom. The molecule has 0 unspecified atom stereocenters. The molecule has 0 aliphatic rings. The van der Waals surface area contributed by atoms with Gasteiger partial charge in [-0.3, -0.25) is 4.57 Å². The lowest BCUT2D eigenvalue weighted by Gasteiger charge is -2.11. The summed E-state index contributed by atoms with van der Waals surface area (Å²) in [7, 11) is -4.18. The highest BCUT2D eigenvalue weighted by molar-refractivity contribution is 7.51. The fourth-order valence-corrected chi connectivity index (χ4v) is 2.42. The van der Waals surface area contributed by atoms with Crippen LogP contribution in [0.2, 0.25) is 0 Å². The van der Waals surface area contributed by atoms with Crippen molar-refractivity contribution in [1.82, 2.24) is 19.5 Å². The van der Waals surface area contributed by atoms with Crippen molar-refractivity contribution in [2.75, 3.05) is 24.4 Å². The molecular weight excluding hydrogens is 311 g/mol. The van der Waals surface area contributed by atoms with Gasteiger partial charge in [0.05, 0.1) is 6.61 Å². The van der Waals surface area contributed by atoms with Crippen LogP contribution in [0.25, 0.3) is 11.2 Å². The second-order valence-corrected chi connectivity index (χ2v) is 6.71. The highest BCUT2D eigenvalue weighted by Crippen LogP contribution is 2.33. The van der Waals surface area contributed by atoms with Crippen LogP contribution in [0.4, 0.5) is 11.8 Å². The van der Waals surface area contributed by atoms with Crippen LogP contribution in [-0.2, 0) is 15.8 Å². The average molecular weight is 330 g/mol. The SMILES string of the molecule is CC(C)c1nc2c(N)nc(N)nc2n1CCOCP(=O)(O)O. The quantitative estimate of drug-likeness (QED) is 0.430. The van der Waals surface area contributed by atoms with E-state index in [-0.39, 0.29) is 24.3 Å². The predicted molar refractivity (Wildman–Crippen MR) is 81.1 cm³/mol. The Hall–Kier alpha value is -1.74. The molecule has 122 valence electrons. The van der Waals surface area contributed by atoms with Gasteiger partial charge in [-0.05, 0) is 0 Å². The molecule has 0 atom stereocenters. The molecule has 0 radical (unpaired) electrons. The van der Waals surface area contributed by atoms with Crippen molar-refractivity contribution in [2.24, 2.45) is 0 Å². The zero-order valence-electron chi connectivity index (χ0n) is 12.3. The maximum absolute atomic E-state index is 10.8. The number of aromatic nitrogens is 4. The van der Waals surface area contributed by atoms with Gasteiger partial charge in [-0.1, -0.05) is 13.8 Å². The van der Waals surface area contributed by atoms with E-state index in [2.05, 4.69) is 15.0 Å². The number of nitrogens with zero attached hydrogens (tertiary/aromatic N) is 4. The number of imidazole rings is 1. The van der Waals surface area contributed by atoms with Crippen LogP contribution in [0.5, 0.6) is 0 Å². The largest absolute Gasteiger partial charge is 0.382 e. The van der Waals surface area contributed by atoms with Crippen molar-refractivity contribution in [3.8, 4) is 0 Å². The third-order valence-electron chi connectivity index (χ3n) is 2.90. The van der Waals surface area contributed by atoms with Crippen LogP contribution in [0.3, 0.4) is 0 Å². The summed E-state index contributed by atoms with van der Waals surface area (Å²) < 4.78 is 17.5. The van der Waals surface area contributed by atoms with E-state index in [1.165, 1.54) is 0 Å². The van der Waals surface area contributed by atoms with Gasteiger partial charge in [0.15, 0.2) is 17.0 Å². The Balaban J connectivity index is 2.30. The first-order valence-electron chi connectivity index (χ1n) is 6.60. The number of nitrogens with two attached hydrogens (primary N) is 2. The normalized spacial score (nSPS) is 12.4. The minimum Gasteiger partial charge on any atom is -0.382 e. The lowest BCUT2D eigenvalue weighted by molar-refractivity contribution is 0.148. The van der Waals surface area contributed by atoms with Gasteiger partial charge >= 0.3 is 7.60 Å². The van der Waals surface area contributed by atoms with E-state index in [9.17, 15) is 4.57 Å². The van der Waals surface area contributed by atoms with Crippen molar-refractivity contribution in [2.45, 2.75) is 26.3 Å². The molecule has 2 heterocycles. The molecule has 0 saturated heterocycles. The average Bonchev–Trinajstić information content (AvgIpc) is 2.73. The summed E-state index contributed by atoms with van der Waals surface area (Å²) in [4.78, 5) is 30.0. The highest BCUT2D eigenvalue weighted by atomic mass is 31.2. The predicted octanol–water partition coefficient (Wildman–Crippen LogP) is 0.266. The summed E-state index contributed by atoms with van der Waals surface area (Å²) in [5.41, 5.74) is 12.4. The van der Waals surface area contributed by atoms with E-state index in [1.54, 1.807) is 4.57 Å². The fraction of sp³-hybridized carbons (Fsp3) is 0.545. The molecule has 0 aliphatic carbocycles. The summed E-state index contributed by atoms with van der Waals surface area (Å²) in [6, 6.07) is 0. The van der Waals surface area contributed by atoms with Gasteiger partial charge in [-0.2, -0.15) is 9.97 Å². The molecule has 2 aromatic heterocycles. The Morgan fingerprint density at radius 2 is 1.95 bits per heavy atom. The minimum atomic E-state index is -4.18. The Morgan fingerprint density at radius 3 is 2.55 bits per heavy atom. The number of nitrogen functional groups attached to an aromatic ring is 2. The highest BCUT2D eigenvalue weighted by Gasteiger charge is 2.18. The number of fused-ring (bicyclic) bond motifs is 1. The lowest BCUT2D eigenvalue weighted by Crippen LogP contribution is -2.12. The van der Waals surface area contributed by atoms with E-state index in [0.29, 0.717) is 17.7 Å².